The van der Waals surface area contributed by atoms with Crippen molar-refractivity contribution in [3.8, 4) is 0 Å². The van der Waals surface area contributed by atoms with Gasteiger partial charge in [0.05, 0.1) is 6.54 Å². The van der Waals surface area contributed by atoms with Crippen LogP contribution in [0.3, 0.4) is 0 Å². The molecule has 0 aliphatic rings. The van der Waals surface area contributed by atoms with E-state index in [9.17, 15) is 4.79 Å². The van der Waals surface area contributed by atoms with Gasteiger partial charge in [-0.3, -0.25) is 9.69 Å². The van der Waals surface area contributed by atoms with E-state index < -0.39 is 0 Å². The molecule has 21 heavy (non-hydrogen) atoms. The Morgan fingerprint density at radius 1 is 1.29 bits per heavy atom. The highest BCUT2D eigenvalue weighted by molar-refractivity contribution is 7.12. The fraction of sp³-hybridized carbons (Fsp3) is 0.353. The van der Waals surface area contributed by atoms with Crippen LogP contribution in [-0.4, -0.2) is 24.3 Å². The lowest BCUT2D eigenvalue weighted by atomic mass is 10.1. The first kappa shape index (κ1) is 16.2. The smallest absolute Gasteiger partial charge is 0.177 e. The SMILES string of the molecule is Cc1cc(C(=O)CN(C)C(C)c2ccc(Cl)cc2)c(C)s1. The maximum Gasteiger partial charge on any atom is 0.177 e. The highest BCUT2D eigenvalue weighted by atomic mass is 35.5. The molecule has 0 amide bonds. The molecule has 2 rings (SSSR count). The highest BCUT2D eigenvalue weighted by Gasteiger charge is 2.18. The van der Waals surface area contributed by atoms with E-state index >= 15 is 0 Å². The van der Waals surface area contributed by atoms with Crippen molar-refractivity contribution in [2.75, 3.05) is 13.6 Å². The van der Waals surface area contributed by atoms with Crippen LogP contribution in [0.4, 0.5) is 0 Å². The molecule has 0 aliphatic carbocycles. The van der Waals surface area contributed by atoms with Crippen molar-refractivity contribution >= 4 is 28.7 Å². The average Bonchev–Trinajstić information content (AvgIpc) is 2.77. The molecule has 0 N–H and O–H groups in total. The second kappa shape index (κ2) is 6.73. The lowest BCUT2D eigenvalue weighted by Gasteiger charge is -2.24. The Kier molecular flexibility index (Phi) is 5.20. The summed E-state index contributed by atoms with van der Waals surface area (Å²) in [4.78, 5) is 16.8. The lowest BCUT2D eigenvalue weighted by molar-refractivity contribution is 0.0924. The van der Waals surface area contributed by atoms with Crippen LogP contribution in [0, 0.1) is 13.8 Å². The van der Waals surface area contributed by atoms with Crippen molar-refractivity contribution in [3.05, 3.63) is 56.2 Å². The minimum absolute atomic E-state index is 0.172. The third-order valence-corrected chi connectivity index (χ3v) is 4.97. The van der Waals surface area contributed by atoms with Gasteiger partial charge in [-0.15, -0.1) is 11.3 Å². The number of rotatable bonds is 5. The van der Waals surface area contributed by atoms with Crippen LogP contribution in [0.2, 0.25) is 5.02 Å². The van der Waals surface area contributed by atoms with E-state index in [0.29, 0.717) is 6.54 Å². The molecule has 2 nitrogen and oxygen atoms in total. The van der Waals surface area contributed by atoms with Crippen molar-refractivity contribution in [1.29, 1.82) is 0 Å². The molecule has 0 bridgehead atoms. The quantitative estimate of drug-likeness (QED) is 0.730. The summed E-state index contributed by atoms with van der Waals surface area (Å²) in [5.74, 6) is 0.181. The molecule has 4 heteroatoms. The van der Waals surface area contributed by atoms with Crippen LogP contribution >= 0.6 is 22.9 Å². The fourth-order valence-electron chi connectivity index (χ4n) is 2.35. The lowest BCUT2D eigenvalue weighted by Crippen LogP contribution is -2.28. The van der Waals surface area contributed by atoms with Crippen molar-refractivity contribution in [2.24, 2.45) is 0 Å². The fourth-order valence-corrected chi connectivity index (χ4v) is 3.42. The number of likely N-dealkylation sites (N-methyl/N-ethyl adjacent to an activating group) is 1. The monoisotopic (exact) mass is 321 g/mol. The van der Waals surface area contributed by atoms with Crippen molar-refractivity contribution in [1.82, 2.24) is 4.90 Å². The molecule has 1 heterocycles. The van der Waals surface area contributed by atoms with E-state index in [1.807, 2.05) is 51.2 Å². The zero-order valence-corrected chi connectivity index (χ0v) is 14.4. The average molecular weight is 322 g/mol. The number of halogens is 1. The van der Waals surface area contributed by atoms with Gasteiger partial charge in [-0.25, -0.2) is 0 Å². The normalized spacial score (nSPS) is 12.7. The van der Waals surface area contributed by atoms with E-state index in [2.05, 4.69) is 11.8 Å². The summed E-state index contributed by atoms with van der Waals surface area (Å²) < 4.78 is 0. The summed E-state index contributed by atoms with van der Waals surface area (Å²) in [6.07, 6.45) is 0. The Labute approximate surface area is 135 Å². The molecule has 0 aliphatic heterocycles. The number of aryl methyl sites for hydroxylation is 2. The molecular formula is C17H20ClNOS. The summed E-state index contributed by atoms with van der Waals surface area (Å²) in [6.45, 7) is 6.56. The number of ketones is 1. The molecule has 1 atom stereocenters. The Hall–Kier alpha value is -1.16. The predicted molar refractivity (Wildman–Crippen MR) is 90.6 cm³/mol. The van der Waals surface area contributed by atoms with Crippen LogP contribution in [0.5, 0.6) is 0 Å². The Morgan fingerprint density at radius 2 is 1.90 bits per heavy atom. The molecule has 0 saturated carbocycles. The van der Waals surface area contributed by atoms with Gasteiger partial charge in [0.1, 0.15) is 0 Å². The van der Waals surface area contributed by atoms with Gasteiger partial charge in [0.25, 0.3) is 0 Å². The van der Waals surface area contributed by atoms with E-state index in [1.54, 1.807) is 11.3 Å². The molecule has 0 spiro atoms. The number of Topliss-reactive ketones (excluding diaryl/α,β-unsaturated/α-hetero) is 1. The summed E-state index contributed by atoms with van der Waals surface area (Å²) >= 11 is 7.59. The van der Waals surface area contributed by atoms with Crippen LogP contribution in [-0.2, 0) is 0 Å². The maximum atomic E-state index is 12.4. The minimum Gasteiger partial charge on any atom is -0.293 e. The molecule has 0 fully saturated rings. The Balaban J connectivity index is 2.06. The molecule has 0 saturated heterocycles. The molecule has 2 aromatic rings. The number of hydrogen-bond donors (Lipinski definition) is 0. The second-order valence-electron chi connectivity index (χ2n) is 5.39. The number of carbonyl (C=O) groups is 1. The van der Waals surface area contributed by atoms with Gasteiger partial charge in [-0.1, -0.05) is 23.7 Å². The highest BCUT2D eigenvalue weighted by Crippen LogP contribution is 2.24. The van der Waals surface area contributed by atoms with Gasteiger partial charge in [-0.05, 0) is 51.6 Å². The van der Waals surface area contributed by atoms with Crippen LogP contribution in [0.15, 0.2) is 30.3 Å². The second-order valence-corrected chi connectivity index (χ2v) is 7.29. The van der Waals surface area contributed by atoms with Gasteiger partial charge in [-0.2, -0.15) is 0 Å². The summed E-state index contributed by atoms with van der Waals surface area (Å²) in [5.41, 5.74) is 2.01. The number of thiophene rings is 1. The first-order chi connectivity index (χ1) is 9.88. The van der Waals surface area contributed by atoms with Gasteiger partial charge in [0.15, 0.2) is 5.78 Å². The molecule has 1 unspecified atom stereocenters. The van der Waals surface area contributed by atoms with Gasteiger partial charge >= 0.3 is 0 Å². The molecular weight excluding hydrogens is 302 g/mol. The van der Waals surface area contributed by atoms with E-state index in [4.69, 9.17) is 11.6 Å². The van der Waals surface area contributed by atoms with Crippen LogP contribution in [0.1, 0.15) is 38.6 Å². The van der Waals surface area contributed by atoms with Crippen LogP contribution in [0.25, 0.3) is 0 Å². The Bertz CT molecular complexity index is 633. The summed E-state index contributed by atoms with van der Waals surface area (Å²) in [5, 5.41) is 0.731. The van der Waals surface area contributed by atoms with Crippen molar-refractivity contribution in [3.63, 3.8) is 0 Å². The molecule has 1 aromatic heterocycles. The maximum absolute atomic E-state index is 12.4. The number of carbonyl (C=O) groups excluding carboxylic acids is 1. The standard InChI is InChI=1S/C17H20ClNOS/c1-11-9-16(13(3)21-11)17(20)10-19(4)12(2)14-5-7-15(18)8-6-14/h5-9,12H,10H2,1-4H3. The number of hydrogen-bond acceptors (Lipinski definition) is 3. The van der Waals surface area contributed by atoms with E-state index in [1.165, 1.54) is 4.88 Å². The summed E-state index contributed by atoms with van der Waals surface area (Å²) in [6, 6.07) is 9.95. The number of benzene rings is 1. The largest absolute Gasteiger partial charge is 0.293 e. The predicted octanol–water partition coefficient (Wildman–Crippen LogP) is 4.89. The van der Waals surface area contributed by atoms with Crippen molar-refractivity contribution in [2.45, 2.75) is 26.8 Å². The molecule has 0 radical (unpaired) electrons. The summed E-state index contributed by atoms with van der Waals surface area (Å²) in [7, 11) is 1.98. The van der Waals surface area contributed by atoms with Crippen molar-refractivity contribution < 1.29 is 4.79 Å². The minimum atomic E-state index is 0.172. The Morgan fingerprint density at radius 3 is 2.43 bits per heavy atom. The van der Waals surface area contributed by atoms with E-state index in [-0.39, 0.29) is 11.8 Å². The van der Waals surface area contributed by atoms with Crippen LogP contribution < -0.4 is 0 Å². The first-order valence-electron chi connectivity index (χ1n) is 6.94. The number of nitrogens with zero attached hydrogens (tertiary/aromatic N) is 1. The zero-order valence-electron chi connectivity index (χ0n) is 12.8. The third kappa shape index (κ3) is 3.94. The molecule has 112 valence electrons. The van der Waals surface area contributed by atoms with Gasteiger partial charge < -0.3 is 0 Å². The van der Waals surface area contributed by atoms with Gasteiger partial charge in [0.2, 0.25) is 0 Å². The third-order valence-electron chi connectivity index (χ3n) is 3.75. The van der Waals surface area contributed by atoms with E-state index in [0.717, 1.165) is 21.0 Å². The topological polar surface area (TPSA) is 20.3 Å². The zero-order chi connectivity index (χ0) is 15.6. The van der Waals surface area contributed by atoms with Gasteiger partial charge in [0, 0.05) is 26.4 Å². The molecule has 1 aromatic carbocycles. The first-order valence-corrected chi connectivity index (χ1v) is 8.14.